The zero-order chi connectivity index (χ0) is 18.5. The summed E-state index contributed by atoms with van der Waals surface area (Å²) in [7, 11) is 1.79. The molecule has 0 bridgehead atoms. The fourth-order valence-electron chi connectivity index (χ4n) is 3.68. The second-order valence-corrected chi connectivity index (χ2v) is 6.85. The van der Waals surface area contributed by atoms with Crippen LogP contribution >= 0.6 is 24.0 Å². The van der Waals surface area contributed by atoms with Crippen molar-refractivity contribution in [2.45, 2.75) is 39.2 Å². The maximum absolute atomic E-state index is 11.8. The largest absolute Gasteiger partial charge is 0.358 e. The molecule has 27 heavy (non-hydrogen) atoms. The number of halogens is 1. The van der Waals surface area contributed by atoms with Gasteiger partial charge in [-0.05, 0) is 31.4 Å². The number of guanidine groups is 1. The number of para-hydroxylation sites is 1. The highest BCUT2D eigenvalue weighted by atomic mass is 127. The number of aryl methyl sites for hydroxylation is 1. The molecule has 7 heteroatoms. The third kappa shape index (κ3) is 5.15. The van der Waals surface area contributed by atoms with Crippen molar-refractivity contribution in [2.24, 2.45) is 4.99 Å². The van der Waals surface area contributed by atoms with E-state index in [1.54, 1.807) is 7.05 Å². The molecule has 1 fully saturated rings. The summed E-state index contributed by atoms with van der Waals surface area (Å²) >= 11 is 0. The number of likely N-dealkylation sites (tertiary alicyclic amines) is 1. The van der Waals surface area contributed by atoms with E-state index in [2.05, 4.69) is 51.8 Å². The van der Waals surface area contributed by atoms with E-state index in [9.17, 15) is 4.79 Å². The van der Waals surface area contributed by atoms with Crippen molar-refractivity contribution in [2.75, 3.05) is 26.7 Å². The van der Waals surface area contributed by atoms with E-state index in [0.29, 0.717) is 6.42 Å². The topological polar surface area (TPSA) is 72.5 Å². The number of benzene rings is 1. The summed E-state index contributed by atoms with van der Waals surface area (Å²) in [6.07, 6.45) is 2.47. The summed E-state index contributed by atoms with van der Waals surface area (Å²) in [5.74, 6) is 1.03. The standard InChI is InChI=1S/C20H29N5O.HI/c1-4-19(26)25-12-10-15(13-25)24-20(21-3)22-11-9-16-14(2)23-18-8-6-5-7-17(16)18;/h5-8,15,23H,4,9-13H2,1-3H3,(H2,21,22,24);1H. The highest BCUT2D eigenvalue weighted by Gasteiger charge is 2.25. The molecule has 1 aromatic heterocycles. The first kappa shape index (κ1) is 21.5. The first-order valence-electron chi connectivity index (χ1n) is 9.43. The number of nitrogens with one attached hydrogen (secondary N) is 3. The summed E-state index contributed by atoms with van der Waals surface area (Å²) in [4.78, 5) is 21.5. The van der Waals surface area contributed by atoms with E-state index >= 15 is 0 Å². The summed E-state index contributed by atoms with van der Waals surface area (Å²) in [6, 6.07) is 8.69. The highest BCUT2D eigenvalue weighted by molar-refractivity contribution is 14.0. The zero-order valence-electron chi connectivity index (χ0n) is 16.3. The number of hydrogen-bond donors (Lipinski definition) is 3. The van der Waals surface area contributed by atoms with Crippen LogP contribution in [0.2, 0.25) is 0 Å². The fourth-order valence-corrected chi connectivity index (χ4v) is 3.68. The van der Waals surface area contributed by atoms with Gasteiger partial charge in [0.25, 0.3) is 0 Å². The number of amides is 1. The van der Waals surface area contributed by atoms with Crippen LogP contribution in [0, 0.1) is 6.92 Å². The second kappa shape index (κ2) is 9.96. The average molecular weight is 483 g/mol. The monoisotopic (exact) mass is 483 g/mol. The average Bonchev–Trinajstić information content (AvgIpc) is 3.24. The fraction of sp³-hybridized carbons (Fsp3) is 0.500. The van der Waals surface area contributed by atoms with Gasteiger partial charge in [0.1, 0.15) is 0 Å². The quantitative estimate of drug-likeness (QED) is 0.348. The molecule has 2 heterocycles. The third-order valence-electron chi connectivity index (χ3n) is 5.10. The van der Waals surface area contributed by atoms with E-state index in [4.69, 9.17) is 0 Å². The van der Waals surface area contributed by atoms with E-state index in [1.807, 2.05) is 11.8 Å². The van der Waals surface area contributed by atoms with Crippen LogP contribution in [0.4, 0.5) is 0 Å². The third-order valence-corrected chi connectivity index (χ3v) is 5.10. The molecule has 1 saturated heterocycles. The molecule has 3 rings (SSSR count). The van der Waals surface area contributed by atoms with Gasteiger partial charge in [0.2, 0.25) is 5.91 Å². The molecule has 1 atom stereocenters. The molecule has 6 nitrogen and oxygen atoms in total. The molecular formula is C20H30IN5O. The molecule has 1 amide bonds. The van der Waals surface area contributed by atoms with Gasteiger partial charge >= 0.3 is 0 Å². The molecule has 3 N–H and O–H groups in total. The minimum absolute atomic E-state index is 0. The van der Waals surface area contributed by atoms with Gasteiger partial charge in [-0.3, -0.25) is 9.79 Å². The van der Waals surface area contributed by atoms with E-state index < -0.39 is 0 Å². The number of rotatable bonds is 5. The lowest BCUT2D eigenvalue weighted by atomic mass is 10.1. The molecule has 1 unspecified atom stereocenters. The van der Waals surface area contributed by atoms with Crippen molar-refractivity contribution >= 4 is 46.7 Å². The maximum atomic E-state index is 11.8. The Kier molecular flexibility index (Phi) is 7.94. The van der Waals surface area contributed by atoms with Crippen LogP contribution in [0.5, 0.6) is 0 Å². The van der Waals surface area contributed by atoms with Gasteiger partial charge in [-0.25, -0.2) is 0 Å². The van der Waals surface area contributed by atoms with Crippen molar-refractivity contribution in [1.29, 1.82) is 0 Å². The Morgan fingerprint density at radius 3 is 2.89 bits per heavy atom. The molecule has 1 aliphatic heterocycles. The summed E-state index contributed by atoms with van der Waals surface area (Å²) in [6.45, 7) is 6.44. The maximum Gasteiger partial charge on any atom is 0.222 e. The van der Waals surface area contributed by atoms with Crippen LogP contribution in [0.25, 0.3) is 10.9 Å². The van der Waals surface area contributed by atoms with Crippen molar-refractivity contribution < 1.29 is 4.79 Å². The van der Waals surface area contributed by atoms with E-state index in [1.165, 1.54) is 22.2 Å². The number of aromatic nitrogens is 1. The minimum Gasteiger partial charge on any atom is -0.358 e. The summed E-state index contributed by atoms with van der Waals surface area (Å²) in [5, 5.41) is 8.14. The Balaban J connectivity index is 0.00000261. The number of fused-ring (bicyclic) bond motifs is 1. The SMILES string of the molecule is CCC(=O)N1CCC(NC(=NC)NCCc2c(C)[nH]c3ccccc23)C1.I. The Bertz CT molecular complexity index is 801. The lowest BCUT2D eigenvalue weighted by Crippen LogP contribution is -2.45. The predicted octanol–water partition coefficient (Wildman–Crippen LogP) is 2.81. The van der Waals surface area contributed by atoms with Crippen LogP contribution in [0.3, 0.4) is 0 Å². The van der Waals surface area contributed by atoms with Gasteiger partial charge in [0.15, 0.2) is 5.96 Å². The van der Waals surface area contributed by atoms with Crippen molar-refractivity contribution in [3.63, 3.8) is 0 Å². The van der Waals surface area contributed by atoms with Crippen molar-refractivity contribution in [3.8, 4) is 0 Å². The Morgan fingerprint density at radius 1 is 1.37 bits per heavy atom. The zero-order valence-corrected chi connectivity index (χ0v) is 18.7. The molecule has 0 spiro atoms. The molecule has 0 saturated carbocycles. The number of H-pyrrole nitrogens is 1. The Labute approximate surface area is 178 Å². The molecule has 0 radical (unpaired) electrons. The van der Waals surface area contributed by atoms with Gasteiger partial charge in [-0.15, -0.1) is 24.0 Å². The van der Waals surface area contributed by atoms with Gasteiger partial charge in [0, 0.05) is 55.7 Å². The Hall–Kier alpha value is -1.77. The van der Waals surface area contributed by atoms with Gasteiger partial charge in [-0.2, -0.15) is 0 Å². The number of aromatic amines is 1. The number of nitrogens with zero attached hydrogens (tertiary/aromatic N) is 2. The van der Waals surface area contributed by atoms with Crippen LogP contribution in [0.15, 0.2) is 29.3 Å². The Morgan fingerprint density at radius 2 is 2.15 bits per heavy atom. The van der Waals surface area contributed by atoms with Crippen LogP contribution in [-0.4, -0.2) is 54.5 Å². The number of hydrogen-bond acceptors (Lipinski definition) is 2. The van der Waals surface area contributed by atoms with Crippen LogP contribution in [-0.2, 0) is 11.2 Å². The number of carbonyl (C=O) groups is 1. The molecule has 148 valence electrons. The molecular weight excluding hydrogens is 453 g/mol. The minimum atomic E-state index is 0. The van der Waals surface area contributed by atoms with Crippen molar-refractivity contribution in [1.82, 2.24) is 20.5 Å². The summed E-state index contributed by atoms with van der Waals surface area (Å²) < 4.78 is 0. The first-order chi connectivity index (χ1) is 12.6. The van der Waals surface area contributed by atoms with Gasteiger partial charge < -0.3 is 20.5 Å². The lowest BCUT2D eigenvalue weighted by molar-refractivity contribution is -0.129. The molecule has 1 aliphatic rings. The van der Waals surface area contributed by atoms with Gasteiger partial charge in [0.05, 0.1) is 0 Å². The number of carbonyl (C=O) groups excluding carboxylic acids is 1. The molecule has 2 aromatic rings. The smallest absolute Gasteiger partial charge is 0.222 e. The first-order valence-corrected chi connectivity index (χ1v) is 9.43. The van der Waals surface area contributed by atoms with Crippen LogP contribution in [0.1, 0.15) is 31.0 Å². The van der Waals surface area contributed by atoms with E-state index in [0.717, 1.165) is 38.4 Å². The summed E-state index contributed by atoms with van der Waals surface area (Å²) in [5.41, 5.74) is 3.76. The normalized spacial score (nSPS) is 17.1. The number of aliphatic imine (C=N–C) groups is 1. The highest BCUT2D eigenvalue weighted by Crippen LogP contribution is 2.21. The van der Waals surface area contributed by atoms with Crippen LogP contribution < -0.4 is 10.6 Å². The molecule has 1 aromatic carbocycles. The predicted molar refractivity (Wildman–Crippen MR) is 122 cm³/mol. The van der Waals surface area contributed by atoms with E-state index in [-0.39, 0.29) is 35.9 Å². The lowest BCUT2D eigenvalue weighted by Gasteiger charge is -2.18. The second-order valence-electron chi connectivity index (χ2n) is 6.85. The molecule has 0 aliphatic carbocycles. The van der Waals surface area contributed by atoms with Gasteiger partial charge in [-0.1, -0.05) is 25.1 Å². The van der Waals surface area contributed by atoms with Crippen molar-refractivity contribution in [3.05, 3.63) is 35.5 Å².